The Morgan fingerprint density at radius 3 is 2.87 bits per heavy atom. The summed E-state index contributed by atoms with van der Waals surface area (Å²) < 4.78 is 3.50. The van der Waals surface area contributed by atoms with Crippen LogP contribution in [0.1, 0.15) is 19.0 Å². The molecule has 0 spiro atoms. The molecule has 0 atom stereocenters. The molecule has 2 aromatic heterocycles. The Morgan fingerprint density at radius 2 is 2.27 bits per heavy atom. The molecule has 2 heterocycles. The number of aromatic nitrogens is 5. The molecule has 2 aromatic rings. The van der Waals surface area contributed by atoms with Crippen molar-refractivity contribution in [1.82, 2.24) is 24.5 Å². The Labute approximate surface area is 87.7 Å². The number of rotatable bonds is 3. The van der Waals surface area contributed by atoms with E-state index in [2.05, 4.69) is 22.1 Å². The summed E-state index contributed by atoms with van der Waals surface area (Å²) in [4.78, 5) is 3.91. The first kappa shape index (κ1) is 9.70. The summed E-state index contributed by atoms with van der Waals surface area (Å²) in [5.41, 5.74) is 7.44. The molecule has 0 radical (unpaired) electrons. The molecular weight excluding hydrogens is 192 g/mol. The monoisotopic (exact) mass is 206 g/mol. The van der Waals surface area contributed by atoms with E-state index in [1.165, 1.54) is 6.33 Å². The summed E-state index contributed by atoms with van der Waals surface area (Å²) in [6.07, 6.45) is 4.11. The third kappa shape index (κ3) is 1.58. The van der Waals surface area contributed by atoms with E-state index in [4.69, 9.17) is 5.73 Å². The largest absolute Gasteiger partial charge is 0.394 e. The highest BCUT2D eigenvalue weighted by molar-refractivity contribution is 5.56. The minimum atomic E-state index is 0.661. The molecule has 15 heavy (non-hydrogen) atoms. The highest BCUT2D eigenvalue weighted by atomic mass is 15.4. The Bertz CT molecular complexity index is 441. The van der Waals surface area contributed by atoms with Crippen LogP contribution in [-0.2, 0) is 6.54 Å². The van der Waals surface area contributed by atoms with Gasteiger partial charge in [0.05, 0.1) is 11.4 Å². The van der Waals surface area contributed by atoms with Crippen LogP contribution in [0.5, 0.6) is 0 Å². The molecule has 2 N–H and O–H groups in total. The second-order valence-corrected chi connectivity index (χ2v) is 3.39. The maximum absolute atomic E-state index is 5.95. The van der Waals surface area contributed by atoms with Gasteiger partial charge in [0.1, 0.15) is 12.7 Å². The van der Waals surface area contributed by atoms with Gasteiger partial charge in [0.25, 0.3) is 0 Å². The molecule has 2 rings (SSSR count). The molecule has 0 aromatic carbocycles. The first-order valence-corrected chi connectivity index (χ1v) is 4.92. The minimum absolute atomic E-state index is 0.661. The highest BCUT2D eigenvalue weighted by Crippen LogP contribution is 2.19. The molecule has 0 aliphatic rings. The second-order valence-electron chi connectivity index (χ2n) is 3.39. The predicted octanol–water partition coefficient (Wildman–Crippen LogP) is 0.764. The maximum Gasteiger partial charge on any atom is 0.177 e. The normalized spacial score (nSPS) is 10.8. The van der Waals surface area contributed by atoms with Gasteiger partial charge in [0, 0.05) is 6.54 Å². The van der Waals surface area contributed by atoms with Crippen molar-refractivity contribution in [3.8, 4) is 5.82 Å². The van der Waals surface area contributed by atoms with E-state index in [-0.39, 0.29) is 0 Å². The summed E-state index contributed by atoms with van der Waals surface area (Å²) >= 11 is 0. The van der Waals surface area contributed by atoms with E-state index < -0.39 is 0 Å². The van der Waals surface area contributed by atoms with Crippen LogP contribution in [0.2, 0.25) is 0 Å². The van der Waals surface area contributed by atoms with Gasteiger partial charge in [0.2, 0.25) is 0 Å². The third-order valence-electron chi connectivity index (χ3n) is 2.22. The molecule has 6 heteroatoms. The molecule has 0 bridgehead atoms. The number of nitrogens with zero attached hydrogens (tertiary/aromatic N) is 5. The molecule has 80 valence electrons. The van der Waals surface area contributed by atoms with Gasteiger partial charge < -0.3 is 5.73 Å². The van der Waals surface area contributed by atoms with Gasteiger partial charge in [-0.25, -0.2) is 14.3 Å². The van der Waals surface area contributed by atoms with Gasteiger partial charge in [0.15, 0.2) is 5.82 Å². The van der Waals surface area contributed by atoms with E-state index in [1.54, 1.807) is 11.0 Å². The van der Waals surface area contributed by atoms with Crippen molar-refractivity contribution in [1.29, 1.82) is 0 Å². The van der Waals surface area contributed by atoms with E-state index in [0.717, 1.165) is 24.5 Å². The predicted molar refractivity (Wildman–Crippen MR) is 56.6 cm³/mol. The Balaban J connectivity index is 2.53. The molecule has 0 fully saturated rings. The van der Waals surface area contributed by atoms with Gasteiger partial charge in [-0.2, -0.15) is 10.2 Å². The van der Waals surface area contributed by atoms with Gasteiger partial charge in [-0.1, -0.05) is 6.92 Å². The lowest BCUT2D eigenvalue weighted by Gasteiger charge is -2.05. The van der Waals surface area contributed by atoms with Crippen LogP contribution in [0.4, 0.5) is 5.69 Å². The molecule has 0 amide bonds. The summed E-state index contributed by atoms with van der Waals surface area (Å²) in [5, 5.41) is 8.43. The number of nitrogens with two attached hydrogens (primary N) is 1. The number of hydrogen-bond donors (Lipinski definition) is 1. The molecule has 0 saturated carbocycles. The zero-order valence-electron chi connectivity index (χ0n) is 8.88. The molecular formula is C9H14N6. The number of hydrogen-bond acceptors (Lipinski definition) is 4. The maximum atomic E-state index is 5.95. The lowest BCUT2D eigenvalue weighted by Crippen LogP contribution is -2.09. The van der Waals surface area contributed by atoms with E-state index >= 15 is 0 Å². The molecule has 0 saturated heterocycles. The molecule has 0 aliphatic heterocycles. The first-order valence-electron chi connectivity index (χ1n) is 4.92. The van der Waals surface area contributed by atoms with Gasteiger partial charge in [-0.3, -0.25) is 0 Å². The van der Waals surface area contributed by atoms with Crippen molar-refractivity contribution >= 4 is 5.69 Å². The Morgan fingerprint density at radius 1 is 1.47 bits per heavy atom. The quantitative estimate of drug-likeness (QED) is 0.804. The van der Waals surface area contributed by atoms with Gasteiger partial charge in [-0.05, 0) is 13.3 Å². The van der Waals surface area contributed by atoms with Crippen molar-refractivity contribution in [3.05, 3.63) is 18.3 Å². The topological polar surface area (TPSA) is 74.6 Å². The van der Waals surface area contributed by atoms with E-state index in [1.807, 2.05) is 11.6 Å². The summed E-state index contributed by atoms with van der Waals surface area (Å²) in [5.74, 6) is 0.798. The van der Waals surface area contributed by atoms with Crippen LogP contribution >= 0.6 is 0 Å². The summed E-state index contributed by atoms with van der Waals surface area (Å²) in [6, 6.07) is 0. The van der Waals surface area contributed by atoms with Crippen LogP contribution in [0.15, 0.2) is 12.7 Å². The fourth-order valence-electron chi connectivity index (χ4n) is 1.51. The van der Waals surface area contributed by atoms with Crippen molar-refractivity contribution < 1.29 is 0 Å². The summed E-state index contributed by atoms with van der Waals surface area (Å²) in [6.45, 7) is 4.81. The van der Waals surface area contributed by atoms with Crippen LogP contribution in [0, 0.1) is 6.92 Å². The van der Waals surface area contributed by atoms with Crippen LogP contribution in [0.3, 0.4) is 0 Å². The second kappa shape index (κ2) is 3.72. The van der Waals surface area contributed by atoms with Crippen LogP contribution in [0.25, 0.3) is 5.82 Å². The number of nitrogen functional groups attached to an aromatic ring is 1. The molecule has 0 aliphatic carbocycles. The fourth-order valence-corrected chi connectivity index (χ4v) is 1.51. The molecule has 0 unspecified atom stereocenters. The molecule has 6 nitrogen and oxygen atoms in total. The Hall–Kier alpha value is -1.85. The van der Waals surface area contributed by atoms with Crippen molar-refractivity contribution in [3.63, 3.8) is 0 Å². The van der Waals surface area contributed by atoms with Crippen molar-refractivity contribution in [2.45, 2.75) is 26.8 Å². The number of aryl methyl sites for hydroxylation is 2. The van der Waals surface area contributed by atoms with Gasteiger partial charge >= 0.3 is 0 Å². The van der Waals surface area contributed by atoms with Crippen LogP contribution in [-0.4, -0.2) is 24.5 Å². The smallest absolute Gasteiger partial charge is 0.177 e. The average molecular weight is 206 g/mol. The number of anilines is 1. The zero-order chi connectivity index (χ0) is 10.8. The minimum Gasteiger partial charge on any atom is -0.394 e. The lowest BCUT2D eigenvalue weighted by molar-refractivity contribution is 0.574. The first-order chi connectivity index (χ1) is 7.24. The standard InChI is InChI=1S/C9H14N6/c1-3-4-14-9(8(10)7(2)13-14)15-6-11-5-12-15/h5-6H,3-4,10H2,1-2H3. The van der Waals surface area contributed by atoms with E-state index in [9.17, 15) is 0 Å². The van der Waals surface area contributed by atoms with Crippen molar-refractivity contribution in [2.24, 2.45) is 0 Å². The highest BCUT2D eigenvalue weighted by Gasteiger charge is 2.13. The van der Waals surface area contributed by atoms with Crippen molar-refractivity contribution in [2.75, 3.05) is 5.73 Å². The van der Waals surface area contributed by atoms with Gasteiger partial charge in [-0.15, -0.1) is 0 Å². The van der Waals surface area contributed by atoms with E-state index in [0.29, 0.717) is 5.69 Å². The van der Waals surface area contributed by atoms with Crippen LogP contribution < -0.4 is 5.73 Å². The fraction of sp³-hybridized carbons (Fsp3) is 0.444. The average Bonchev–Trinajstić information content (AvgIpc) is 2.78. The lowest BCUT2D eigenvalue weighted by atomic mass is 10.4. The zero-order valence-corrected chi connectivity index (χ0v) is 8.88. The Kier molecular flexibility index (Phi) is 2.40. The summed E-state index contributed by atoms with van der Waals surface area (Å²) in [7, 11) is 0. The SMILES string of the molecule is CCCn1nc(C)c(N)c1-n1cncn1. The third-order valence-corrected chi connectivity index (χ3v) is 2.22.